The van der Waals surface area contributed by atoms with Crippen molar-refractivity contribution in [2.24, 2.45) is 0 Å². The highest BCUT2D eigenvalue weighted by molar-refractivity contribution is 5.87. The number of aliphatic hydroxyl groups is 1. The topological polar surface area (TPSA) is 49.3 Å². The molecule has 0 saturated carbocycles. The Morgan fingerprint density at radius 2 is 1.63 bits per heavy atom. The summed E-state index contributed by atoms with van der Waals surface area (Å²) in [5.41, 5.74) is -1.22. The highest BCUT2D eigenvalue weighted by Crippen LogP contribution is 2.31. The smallest absolute Gasteiger partial charge is 0.395 e. The van der Waals surface area contributed by atoms with E-state index in [0.717, 1.165) is 12.1 Å². The number of carbonyl (C=O) groups is 1. The van der Waals surface area contributed by atoms with E-state index in [2.05, 4.69) is 5.32 Å². The monoisotopic (exact) mass is 275 g/mol. The minimum Gasteiger partial charge on any atom is -0.395 e. The lowest BCUT2D eigenvalue weighted by atomic mass is 9.83. The van der Waals surface area contributed by atoms with Gasteiger partial charge in [-0.2, -0.15) is 13.2 Å². The van der Waals surface area contributed by atoms with Gasteiger partial charge in [-0.1, -0.05) is 12.1 Å². The molecule has 0 heterocycles. The Morgan fingerprint density at radius 1 is 1.16 bits per heavy atom. The molecule has 0 saturated heterocycles. The lowest BCUT2D eigenvalue weighted by Gasteiger charge is -2.24. The van der Waals surface area contributed by atoms with Crippen molar-refractivity contribution in [1.29, 1.82) is 0 Å². The summed E-state index contributed by atoms with van der Waals surface area (Å²) in [5.74, 6) is -0.346. The molecule has 0 aromatic heterocycles. The first-order valence-electron chi connectivity index (χ1n) is 5.76. The van der Waals surface area contributed by atoms with Gasteiger partial charge >= 0.3 is 6.18 Å². The lowest BCUT2D eigenvalue weighted by molar-refractivity contribution is -0.137. The minimum atomic E-state index is -4.39. The molecule has 0 aliphatic carbocycles. The van der Waals surface area contributed by atoms with Crippen LogP contribution in [0.4, 0.5) is 13.2 Å². The van der Waals surface area contributed by atoms with E-state index in [0.29, 0.717) is 5.56 Å². The third-order valence-corrected chi connectivity index (χ3v) is 2.90. The summed E-state index contributed by atoms with van der Waals surface area (Å²) >= 11 is 0. The molecule has 6 heteroatoms. The average molecular weight is 275 g/mol. The Kier molecular flexibility index (Phi) is 4.57. The summed E-state index contributed by atoms with van der Waals surface area (Å²) < 4.78 is 37.3. The maximum Gasteiger partial charge on any atom is 0.416 e. The van der Waals surface area contributed by atoms with Gasteiger partial charge < -0.3 is 10.4 Å². The van der Waals surface area contributed by atoms with E-state index in [1.807, 2.05) is 0 Å². The SMILES string of the molecule is CC(C)(C(=O)NCCO)c1ccc(C(F)(F)F)cc1. The van der Waals surface area contributed by atoms with E-state index in [-0.39, 0.29) is 19.1 Å². The molecule has 0 atom stereocenters. The van der Waals surface area contributed by atoms with Crippen molar-refractivity contribution in [3.8, 4) is 0 Å². The van der Waals surface area contributed by atoms with Crippen molar-refractivity contribution in [1.82, 2.24) is 5.32 Å². The van der Waals surface area contributed by atoms with Gasteiger partial charge in [0.05, 0.1) is 17.6 Å². The van der Waals surface area contributed by atoms with E-state index in [1.165, 1.54) is 12.1 Å². The van der Waals surface area contributed by atoms with Gasteiger partial charge in [0.2, 0.25) is 5.91 Å². The van der Waals surface area contributed by atoms with Gasteiger partial charge in [-0.05, 0) is 31.5 Å². The first kappa shape index (κ1) is 15.5. The van der Waals surface area contributed by atoms with Gasteiger partial charge in [-0.3, -0.25) is 4.79 Å². The number of hydrogen-bond donors (Lipinski definition) is 2. The largest absolute Gasteiger partial charge is 0.416 e. The second kappa shape index (κ2) is 5.61. The normalized spacial score (nSPS) is 12.3. The average Bonchev–Trinajstić information content (AvgIpc) is 2.35. The van der Waals surface area contributed by atoms with Crippen LogP contribution in [0.1, 0.15) is 25.0 Å². The van der Waals surface area contributed by atoms with E-state index >= 15 is 0 Å². The third-order valence-electron chi connectivity index (χ3n) is 2.90. The molecule has 0 aliphatic rings. The Balaban J connectivity index is 2.93. The van der Waals surface area contributed by atoms with Gasteiger partial charge in [-0.25, -0.2) is 0 Å². The molecule has 1 aromatic carbocycles. The number of halogens is 3. The Bertz CT molecular complexity index is 438. The van der Waals surface area contributed by atoms with Gasteiger partial charge in [0.1, 0.15) is 0 Å². The number of rotatable bonds is 4. The van der Waals surface area contributed by atoms with Crippen LogP contribution in [0, 0.1) is 0 Å². The zero-order chi connectivity index (χ0) is 14.7. The number of benzene rings is 1. The van der Waals surface area contributed by atoms with Crippen LogP contribution >= 0.6 is 0 Å². The Hall–Kier alpha value is -1.56. The molecule has 1 aromatic rings. The van der Waals surface area contributed by atoms with Crippen LogP contribution in [0.3, 0.4) is 0 Å². The quantitative estimate of drug-likeness (QED) is 0.884. The first-order valence-corrected chi connectivity index (χ1v) is 5.76. The van der Waals surface area contributed by atoms with Crippen molar-refractivity contribution in [3.05, 3.63) is 35.4 Å². The van der Waals surface area contributed by atoms with Crippen LogP contribution in [0.2, 0.25) is 0 Å². The van der Waals surface area contributed by atoms with Gasteiger partial charge in [0.15, 0.2) is 0 Å². The number of alkyl halides is 3. The molecule has 0 spiro atoms. The molecule has 2 N–H and O–H groups in total. The summed E-state index contributed by atoms with van der Waals surface area (Å²) in [4.78, 5) is 11.9. The highest BCUT2D eigenvalue weighted by Gasteiger charge is 2.33. The molecule has 0 aliphatic heterocycles. The van der Waals surface area contributed by atoms with Crippen LogP contribution in [-0.4, -0.2) is 24.2 Å². The number of aliphatic hydroxyl groups excluding tert-OH is 1. The van der Waals surface area contributed by atoms with Crippen LogP contribution in [0.5, 0.6) is 0 Å². The fourth-order valence-electron chi connectivity index (χ4n) is 1.60. The summed E-state index contributed by atoms with van der Waals surface area (Å²) in [6.07, 6.45) is -4.39. The van der Waals surface area contributed by atoms with Crippen LogP contribution < -0.4 is 5.32 Å². The Labute approximate surface area is 109 Å². The number of hydrogen-bond acceptors (Lipinski definition) is 2. The minimum absolute atomic E-state index is 0.114. The second-order valence-corrected chi connectivity index (χ2v) is 4.68. The first-order chi connectivity index (χ1) is 8.69. The molecule has 0 fully saturated rings. The number of amides is 1. The van der Waals surface area contributed by atoms with E-state index < -0.39 is 17.2 Å². The standard InChI is InChI=1S/C13H16F3NO2/c1-12(2,11(19)17-7-8-18)9-3-5-10(6-4-9)13(14,15)16/h3-6,18H,7-8H2,1-2H3,(H,17,19). The van der Waals surface area contributed by atoms with Crippen molar-refractivity contribution in [2.75, 3.05) is 13.2 Å². The zero-order valence-corrected chi connectivity index (χ0v) is 10.7. The molecule has 0 bridgehead atoms. The van der Waals surface area contributed by atoms with Gasteiger partial charge in [0, 0.05) is 6.54 Å². The second-order valence-electron chi connectivity index (χ2n) is 4.68. The van der Waals surface area contributed by atoms with Crippen LogP contribution in [0.15, 0.2) is 24.3 Å². The number of carbonyl (C=O) groups excluding carboxylic acids is 1. The summed E-state index contributed by atoms with van der Waals surface area (Å²) in [6.45, 7) is 3.16. The molecule has 1 rings (SSSR count). The van der Waals surface area contributed by atoms with Crippen molar-refractivity contribution in [2.45, 2.75) is 25.4 Å². The molecule has 19 heavy (non-hydrogen) atoms. The highest BCUT2D eigenvalue weighted by atomic mass is 19.4. The summed E-state index contributed by atoms with van der Waals surface area (Å²) in [6, 6.07) is 4.50. The van der Waals surface area contributed by atoms with Crippen LogP contribution in [0.25, 0.3) is 0 Å². The van der Waals surface area contributed by atoms with Gasteiger partial charge in [-0.15, -0.1) is 0 Å². The molecule has 3 nitrogen and oxygen atoms in total. The Morgan fingerprint density at radius 3 is 2.05 bits per heavy atom. The van der Waals surface area contributed by atoms with Crippen molar-refractivity contribution in [3.63, 3.8) is 0 Å². The third kappa shape index (κ3) is 3.70. The number of nitrogens with one attached hydrogen (secondary N) is 1. The molecular formula is C13H16F3NO2. The predicted octanol–water partition coefficient (Wildman–Crippen LogP) is 2.09. The van der Waals surface area contributed by atoms with E-state index in [9.17, 15) is 18.0 Å². The van der Waals surface area contributed by atoms with Crippen molar-refractivity contribution >= 4 is 5.91 Å². The molecule has 106 valence electrons. The van der Waals surface area contributed by atoms with E-state index in [4.69, 9.17) is 5.11 Å². The lowest BCUT2D eigenvalue weighted by Crippen LogP contribution is -2.41. The zero-order valence-electron chi connectivity index (χ0n) is 10.7. The molecule has 0 unspecified atom stereocenters. The fourth-order valence-corrected chi connectivity index (χ4v) is 1.60. The maximum atomic E-state index is 12.4. The van der Waals surface area contributed by atoms with E-state index in [1.54, 1.807) is 13.8 Å². The van der Waals surface area contributed by atoms with Crippen molar-refractivity contribution < 1.29 is 23.1 Å². The molecular weight excluding hydrogens is 259 g/mol. The molecule has 1 amide bonds. The fraction of sp³-hybridized carbons (Fsp3) is 0.462. The summed E-state index contributed by atoms with van der Waals surface area (Å²) in [5, 5.41) is 11.1. The maximum absolute atomic E-state index is 12.4. The van der Waals surface area contributed by atoms with Crippen LogP contribution in [-0.2, 0) is 16.4 Å². The summed E-state index contributed by atoms with van der Waals surface area (Å²) in [7, 11) is 0. The van der Waals surface area contributed by atoms with Gasteiger partial charge in [0.25, 0.3) is 0 Å². The predicted molar refractivity (Wildman–Crippen MR) is 64.6 cm³/mol. The molecule has 0 radical (unpaired) electrons.